The topological polar surface area (TPSA) is 32.3 Å². The molecule has 2 aromatic rings. The van der Waals surface area contributed by atoms with Crippen LogP contribution >= 0.6 is 27.3 Å². The predicted octanol–water partition coefficient (Wildman–Crippen LogP) is 3.96. The Morgan fingerprint density at radius 1 is 1.23 bits per heavy atom. The maximum absolute atomic E-state index is 11.9. The summed E-state index contributed by atoms with van der Waals surface area (Å²) in [7, 11) is 0. The van der Waals surface area contributed by atoms with Crippen molar-refractivity contribution in [3.8, 4) is 0 Å². The summed E-state index contributed by atoms with van der Waals surface area (Å²) >= 11 is 5.24. The van der Waals surface area contributed by atoms with Gasteiger partial charge in [-0.05, 0) is 40.0 Å². The van der Waals surface area contributed by atoms with Crippen LogP contribution in [-0.4, -0.2) is 23.9 Å². The maximum Gasteiger partial charge on any atom is 0.222 e. The van der Waals surface area contributed by atoms with Crippen molar-refractivity contribution in [3.63, 3.8) is 0 Å². The third kappa shape index (κ3) is 3.97. The van der Waals surface area contributed by atoms with E-state index < -0.39 is 0 Å². The van der Waals surface area contributed by atoms with Gasteiger partial charge in [-0.25, -0.2) is 0 Å². The molecule has 3 nitrogen and oxygen atoms in total. The van der Waals surface area contributed by atoms with E-state index in [-0.39, 0.29) is 11.9 Å². The van der Waals surface area contributed by atoms with E-state index in [1.165, 1.54) is 10.4 Å². The Hall–Kier alpha value is -1.17. The van der Waals surface area contributed by atoms with E-state index in [1.807, 2.05) is 11.0 Å². The smallest absolute Gasteiger partial charge is 0.222 e. The molecule has 2 heterocycles. The number of likely N-dealkylation sites (tertiary alicyclic amines) is 1. The predicted molar refractivity (Wildman–Crippen MR) is 93.9 cm³/mol. The second-order valence-electron chi connectivity index (χ2n) is 5.49. The first-order chi connectivity index (χ1) is 10.7. The van der Waals surface area contributed by atoms with Crippen LogP contribution in [0.1, 0.15) is 29.3 Å². The highest BCUT2D eigenvalue weighted by Gasteiger charge is 2.24. The van der Waals surface area contributed by atoms with Crippen molar-refractivity contribution in [3.05, 3.63) is 56.7 Å². The lowest BCUT2D eigenvalue weighted by Gasteiger charge is -2.25. The van der Waals surface area contributed by atoms with E-state index in [0.29, 0.717) is 6.42 Å². The Bertz CT molecular complexity index is 629. The molecule has 5 heteroatoms. The van der Waals surface area contributed by atoms with Crippen LogP contribution in [-0.2, 0) is 11.3 Å². The van der Waals surface area contributed by atoms with Gasteiger partial charge in [-0.1, -0.05) is 30.3 Å². The van der Waals surface area contributed by atoms with Crippen LogP contribution in [0, 0.1) is 0 Å². The fourth-order valence-electron chi connectivity index (χ4n) is 2.76. The lowest BCUT2D eigenvalue weighted by Crippen LogP contribution is -2.35. The summed E-state index contributed by atoms with van der Waals surface area (Å²) in [5.74, 6) is 0.279. The number of nitrogens with one attached hydrogen (secondary N) is 1. The third-order valence-corrected chi connectivity index (χ3v) is 5.55. The molecule has 116 valence electrons. The Balaban J connectivity index is 1.69. The monoisotopic (exact) mass is 378 g/mol. The number of hydrogen-bond donors (Lipinski definition) is 1. The van der Waals surface area contributed by atoms with Crippen molar-refractivity contribution in [1.82, 2.24) is 10.2 Å². The number of thiophene rings is 1. The molecule has 0 bridgehead atoms. The molecule has 1 fully saturated rings. The van der Waals surface area contributed by atoms with Gasteiger partial charge in [-0.2, -0.15) is 0 Å². The van der Waals surface area contributed by atoms with Crippen molar-refractivity contribution in [2.24, 2.45) is 0 Å². The van der Waals surface area contributed by atoms with E-state index >= 15 is 0 Å². The van der Waals surface area contributed by atoms with Gasteiger partial charge in [0.25, 0.3) is 0 Å². The summed E-state index contributed by atoms with van der Waals surface area (Å²) in [5, 5.41) is 3.61. The van der Waals surface area contributed by atoms with E-state index in [2.05, 4.69) is 57.6 Å². The molecule has 0 radical (unpaired) electrons. The first kappa shape index (κ1) is 15.7. The molecule has 1 atom stereocenters. The first-order valence-corrected chi connectivity index (χ1v) is 9.13. The zero-order chi connectivity index (χ0) is 15.4. The summed E-state index contributed by atoms with van der Waals surface area (Å²) in [5.41, 5.74) is 1.23. The second-order valence-corrected chi connectivity index (χ2v) is 8.04. The molecule has 0 spiro atoms. The number of halogens is 1. The van der Waals surface area contributed by atoms with Gasteiger partial charge < -0.3 is 10.2 Å². The summed E-state index contributed by atoms with van der Waals surface area (Å²) in [6, 6.07) is 14.8. The van der Waals surface area contributed by atoms with Gasteiger partial charge in [0.15, 0.2) is 0 Å². The van der Waals surface area contributed by atoms with E-state index in [1.54, 1.807) is 11.3 Å². The SMILES string of the molecule is O=C1CCCN1C[C@H](NCc1ccc(Br)s1)c1ccccc1. The molecule has 1 saturated heterocycles. The molecule has 1 aromatic heterocycles. The minimum Gasteiger partial charge on any atom is -0.341 e. The van der Waals surface area contributed by atoms with Gasteiger partial charge in [-0.3, -0.25) is 4.79 Å². The molecule has 1 N–H and O–H groups in total. The average molecular weight is 379 g/mol. The molecule has 22 heavy (non-hydrogen) atoms. The van der Waals surface area contributed by atoms with Gasteiger partial charge >= 0.3 is 0 Å². The van der Waals surface area contributed by atoms with Crippen molar-refractivity contribution < 1.29 is 4.79 Å². The maximum atomic E-state index is 11.9. The highest BCUT2D eigenvalue weighted by molar-refractivity contribution is 9.11. The van der Waals surface area contributed by atoms with Crippen LogP contribution in [0.2, 0.25) is 0 Å². The molecular formula is C17H19BrN2OS. The Labute approximate surface area is 143 Å². The number of carbonyl (C=O) groups is 1. The van der Waals surface area contributed by atoms with E-state index in [9.17, 15) is 4.79 Å². The normalized spacial score (nSPS) is 16.2. The lowest BCUT2D eigenvalue weighted by atomic mass is 10.1. The molecule has 1 amide bonds. The Morgan fingerprint density at radius 3 is 2.68 bits per heavy atom. The Kier molecular flexibility index (Phi) is 5.28. The largest absolute Gasteiger partial charge is 0.341 e. The summed E-state index contributed by atoms with van der Waals surface area (Å²) < 4.78 is 1.15. The zero-order valence-corrected chi connectivity index (χ0v) is 14.7. The van der Waals surface area contributed by atoms with Crippen LogP contribution in [0.25, 0.3) is 0 Å². The minimum atomic E-state index is 0.170. The fourth-order valence-corrected chi connectivity index (χ4v) is 4.20. The van der Waals surface area contributed by atoms with Crippen molar-refractivity contribution in [2.45, 2.75) is 25.4 Å². The minimum absolute atomic E-state index is 0.170. The van der Waals surface area contributed by atoms with Gasteiger partial charge in [-0.15, -0.1) is 11.3 Å². The Morgan fingerprint density at radius 2 is 2.05 bits per heavy atom. The third-order valence-electron chi connectivity index (χ3n) is 3.93. The van der Waals surface area contributed by atoms with Crippen molar-refractivity contribution in [2.75, 3.05) is 13.1 Å². The van der Waals surface area contributed by atoms with Gasteiger partial charge in [0, 0.05) is 30.9 Å². The van der Waals surface area contributed by atoms with Crippen LogP contribution in [0.15, 0.2) is 46.3 Å². The molecule has 1 aliphatic rings. The van der Waals surface area contributed by atoms with Gasteiger partial charge in [0.2, 0.25) is 5.91 Å². The van der Waals surface area contributed by atoms with Gasteiger partial charge in [0.1, 0.15) is 0 Å². The molecule has 3 rings (SSSR count). The molecule has 0 saturated carbocycles. The van der Waals surface area contributed by atoms with E-state index in [0.717, 1.165) is 29.8 Å². The summed E-state index contributed by atoms with van der Waals surface area (Å²) in [4.78, 5) is 15.2. The number of carbonyl (C=O) groups excluding carboxylic acids is 1. The van der Waals surface area contributed by atoms with Gasteiger partial charge in [0.05, 0.1) is 9.83 Å². The van der Waals surface area contributed by atoms with Crippen LogP contribution in [0.5, 0.6) is 0 Å². The standard InChI is InChI=1S/C17H19BrN2OS/c18-16-9-8-14(22-16)11-19-15(13-5-2-1-3-6-13)12-20-10-4-7-17(20)21/h1-3,5-6,8-9,15,19H,4,7,10-12H2/t15-/m0/s1. The van der Waals surface area contributed by atoms with Crippen LogP contribution in [0.4, 0.5) is 0 Å². The summed E-state index contributed by atoms with van der Waals surface area (Å²) in [6.07, 6.45) is 1.68. The number of nitrogens with zero attached hydrogens (tertiary/aromatic N) is 1. The number of rotatable bonds is 6. The fraction of sp³-hybridized carbons (Fsp3) is 0.353. The zero-order valence-electron chi connectivity index (χ0n) is 12.3. The highest BCUT2D eigenvalue weighted by atomic mass is 79.9. The number of amides is 1. The number of benzene rings is 1. The van der Waals surface area contributed by atoms with Crippen LogP contribution < -0.4 is 5.32 Å². The molecule has 1 aliphatic heterocycles. The van der Waals surface area contributed by atoms with Crippen molar-refractivity contribution >= 4 is 33.2 Å². The lowest BCUT2D eigenvalue weighted by molar-refractivity contribution is -0.128. The van der Waals surface area contributed by atoms with Crippen LogP contribution in [0.3, 0.4) is 0 Å². The molecule has 0 unspecified atom stereocenters. The quantitative estimate of drug-likeness (QED) is 0.824. The molecule has 0 aliphatic carbocycles. The highest BCUT2D eigenvalue weighted by Crippen LogP contribution is 2.24. The molecule has 1 aromatic carbocycles. The van der Waals surface area contributed by atoms with Crippen molar-refractivity contribution in [1.29, 1.82) is 0 Å². The van der Waals surface area contributed by atoms with E-state index in [4.69, 9.17) is 0 Å². The first-order valence-electron chi connectivity index (χ1n) is 7.53. The average Bonchev–Trinajstić information content (AvgIpc) is 3.13. The molecular weight excluding hydrogens is 360 g/mol. The summed E-state index contributed by atoms with van der Waals surface area (Å²) in [6.45, 7) is 2.45. The number of hydrogen-bond acceptors (Lipinski definition) is 3. The second kappa shape index (κ2) is 7.40.